The zero-order chi connectivity index (χ0) is 9.10. The fourth-order valence-electron chi connectivity index (χ4n) is 1.25. The highest BCUT2D eigenvalue weighted by molar-refractivity contribution is 5.52. The predicted octanol–water partition coefficient (Wildman–Crippen LogP) is 1.40. The second-order valence-electron chi connectivity index (χ2n) is 2.81. The highest BCUT2D eigenvalue weighted by atomic mass is 15.2. The van der Waals surface area contributed by atoms with Crippen LogP contribution in [0.25, 0.3) is 0 Å². The molecule has 0 bridgehead atoms. The molecule has 1 aliphatic rings. The third-order valence-electron chi connectivity index (χ3n) is 1.96. The number of hydrogen-bond acceptors (Lipinski definition) is 3. The van der Waals surface area contributed by atoms with Gasteiger partial charge in [-0.25, -0.2) is 0 Å². The van der Waals surface area contributed by atoms with Crippen LogP contribution < -0.4 is 10.2 Å². The van der Waals surface area contributed by atoms with E-state index < -0.39 is 0 Å². The van der Waals surface area contributed by atoms with Crippen molar-refractivity contribution in [2.24, 2.45) is 0 Å². The first-order chi connectivity index (χ1) is 6.40. The van der Waals surface area contributed by atoms with E-state index in [-0.39, 0.29) is 0 Å². The Morgan fingerprint density at radius 2 is 2.08 bits per heavy atom. The van der Waals surface area contributed by atoms with Crippen LogP contribution in [0.2, 0.25) is 0 Å². The molecule has 0 amide bonds. The van der Waals surface area contributed by atoms with Crippen molar-refractivity contribution in [3.05, 3.63) is 42.2 Å². The van der Waals surface area contributed by atoms with Crippen LogP contribution in [0.1, 0.15) is 5.56 Å². The average molecular weight is 171 g/mol. The quantitative estimate of drug-likeness (QED) is 0.694. The lowest BCUT2D eigenvalue weighted by Crippen LogP contribution is -2.19. The smallest absolute Gasteiger partial charge is 0.0991 e. The van der Waals surface area contributed by atoms with Crippen molar-refractivity contribution in [1.82, 2.24) is 5.32 Å². The Morgan fingerprint density at radius 1 is 1.31 bits per heavy atom. The summed E-state index contributed by atoms with van der Waals surface area (Å²) in [6.07, 6.45) is 3.87. The van der Waals surface area contributed by atoms with Crippen LogP contribution in [-0.4, -0.2) is 6.67 Å². The van der Waals surface area contributed by atoms with Crippen LogP contribution in [-0.2, 0) is 0 Å². The Balaban J connectivity index is 2.23. The molecule has 13 heavy (non-hydrogen) atoms. The minimum atomic E-state index is 0.694. The van der Waals surface area contributed by atoms with Crippen molar-refractivity contribution in [3.63, 3.8) is 0 Å². The van der Waals surface area contributed by atoms with Crippen molar-refractivity contribution in [2.75, 3.05) is 11.6 Å². The maximum absolute atomic E-state index is 8.60. The molecule has 0 saturated carbocycles. The van der Waals surface area contributed by atoms with Gasteiger partial charge in [-0.15, -0.1) is 0 Å². The highest BCUT2D eigenvalue weighted by Gasteiger charge is 2.04. The first-order valence-electron chi connectivity index (χ1n) is 4.07. The fraction of sp³-hybridized carbons (Fsp3) is 0.100. The monoisotopic (exact) mass is 171 g/mol. The topological polar surface area (TPSA) is 39.1 Å². The maximum Gasteiger partial charge on any atom is 0.0991 e. The van der Waals surface area contributed by atoms with Crippen molar-refractivity contribution < 1.29 is 0 Å². The minimum Gasteiger partial charge on any atom is -0.372 e. The first kappa shape index (κ1) is 7.69. The lowest BCUT2D eigenvalue weighted by molar-refractivity contribution is 0.901. The second-order valence-corrected chi connectivity index (χ2v) is 2.81. The molecule has 2 rings (SSSR count). The molecule has 0 aromatic heterocycles. The molecule has 3 nitrogen and oxygen atoms in total. The molecule has 0 aliphatic carbocycles. The summed E-state index contributed by atoms with van der Waals surface area (Å²) >= 11 is 0. The van der Waals surface area contributed by atoms with Crippen molar-refractivity contribution >= 4 is 5.69 Å². The van der Waals surface area contributed by atoms with Crippen molar-refractivity contribution in [3.8, 4) is 6.07 Å². The molecule has 0 fully saturated rings. The van der Waals surface area contributed by atoms with E-state index in [1.54, 1.807) is 0 Å². The van der Waals surface area contributed by atoms with Gasteiger partial charge in [0.1, 0.15) is 0 Å². The predicted molar refractivity (Wildman–Crippen MR) is 50.8 cm³/mol. The van der Waals surface area contributed by atoms with Gasteiger partial charge >= 0.3 is 0 Å². The summed E-state index contributed by atoms with van der Waals surface area (Å²) in [6.45, 7) is 0.798. The fourth-order valence-corrected chi connectivity index (χ4v) is 1.25. The van der Waals surface area contributed by atoms with E-state index in [2.05, 4.69) is 16.3 Å². The van der Waals surface area contributed by atoms with Gasteiger partial charge < -0.3 is 10.2 Å². The number of nitrogens with zero attached hydrogens (tertiary/aromatic N) is 2. The summed E-state index contributed by atoms with van der Waals surface area (Å²) in [5.74, 6) is 0. The lowest BCUT2D eigenvalue weighted by atomic mass is 10.2. The van der Waals surface area contributed by atoms with Crippen LogP contribution in [0.3, 0.4) is 0 Å². The molecule has 0 spiro atoms. The molecule has 0 unspecified atom stereocenters. The molecular formula is C10H9N3. The van der Waals surface area contributed by atoms with E-state index in [1.165, 1.54) is 0 Å². The van der Waals surface area contributed by atoms with Crippen LogP contribution in [0.5, 0.6) is 0 Å². The Labute approximate surface area is 76.9 Å². The lowest BCUT2D eigenvalue weighted by Gasteiger charge is -2.14. The van der Waals surface area contributed by atoms with Gasteiger partial charge in [-0.1, -0.05) is 0 Å². The van der Waals surface area contributed by atoms with Crippen LogP contribution in [0.15, 0.2) is 36.7 Å². The molecule has 1 N–H and O–H groups in total. The van der Waals surface area contributed by atoms with Crippen molar-refractivity contribution in [1.29, 1.82) is 5.26 Å². The third-order valence-corrected chi connectivity index (χ3v) is 1.96. The Bertz CT molecular complexity index is 359. The summed E-state index contributed by atoms with van der Waals surface area (Å²) in [6, 6.07) is 9.62. The van der Waals surface area contributed by atoms with Gasteiger partial charge in [0.2, 0.25) is 0 Å². The van der Waals surface area contributed by atoms with Crippen LogP contribution in [0, 0.1) is 11.3 Å². The number of nitriles is 1. The average Bonchev–Trinajstić information content (AvgIpc) is 2.71. The van der Waals surface area contributed by atoms with Crippen LogP contribution >= 0.6 is 0 Å². The molecule has 1 heterocycles. The van der Waals surface area contributed by atoms with Gasteiger partial charge in [-0.3, -0.25) is 0 Å². The highest BCUT2D eigenvalue weighted by Crippen LogP contribution is 2.15. The zero-order valence-corrected chi connectivity index (χ0v) is 7.07. The van der Waals surface area contributed by atoms with Gasteiger partial charge in [0.25, 0.3) is 0 Å². The van der Waals surface area contributed by atoms with Crippen molar-refractivity contribution in [2.45, 2.75) is 0 Å². The third kappa shape index (κ3) is 1.47. The van der Waals surface area contributed by atoms with Gasteiger partial charge in [-0.05, 0) is 24.3 Å². The van der Waals surface area contributed by atoms with E-state index >= 15 is 0 Å². The molecule has 1 aromatic carbocycles. The summed E-state index contributed by atoms with van der Waals surface area (Å²) < 4.78 is 0. The number of rotatable bonds is 1. The molecule has 1 aliphatic heterocycles. The molecule has 0 saturated heterocycles. The van der Waals surface area contributed by atoms with Crippen LogP contribution in [0.4, 0.5) is 5.69 Å². The SMILES string of the molecule is N#Cc1ccc(N2C=CNC2)cc1. The van der Waals surface area contributed by atoms with Gasteiger partial charge in [0.05, 0.1) is 18.3 Å². The number of hydrogen-bond donors (Lipinski definition) is 1. The molecular weight excluding hydrogens is 162 g/mol. The van der Waals surface area contributed by atoms with E-state index in [4.69, 9.17) is 5.26 Å². The number of anilines is 1. The number of nitrogens with one attached hydrogen (secondary N) is 1. The molecule has 64 valence electrons. The summed E-state index contributed by atoms with van der Waals surface area (Å²) in [7, 11) is 0. The normalized spacial score (nSPS) is 13.9. The number of benzene rings is 1. The van der Waals surface area contributed by atoms with Gasteiger partial charge in [-0.2, -0.15) is 5.26 Å². The molecule has 3 heteroatoms. The van der Waals surface area contributed by atoms with Gasteiger partial charge in [0.15, 0.2) is 0 Å². The Morgan fingerprint density at radius 3 is 2.62 bits per heavy atom. The standard InChI is InChI=1S/C10H9N3/c11-7-9-1-3-10(4-2-9)13-6-5-12-8-13/h1-6,12H,8H2. The Kier molecular flexibility index (Phi) is 1.89. The minimum absolute atomic E-state index is 0.694. The second kappa shape index (κ2) is 3.20. The summed E-state index contributed by atoms with van der Waals surface area (Å²) in [4.78, 5) is 2.07. The molecule has 0 atom stereocenters. The zero-order valence-electron chi connectivity index (χ0n) is 7.07. The van der Waals surface area contributed by atoms with E-state index in [1.807, 2.05) is 36.7 Å². The van der Waals surface area contributed by atoms with E-state index in [0.717, 1.165) is 12.4 Å². The van der Waals surface area contributed by atoms with E-state index in [9.17, 15) is 0 Å². The Hall–Kier alpha value is -1.95. The van der Waals surface area contributed by atoms with Gasteiger partial charge in [0, 0.05) is 18.1 Å². The largest absolute Gasteiger partial charge is 0.372 e. The first-order valence-corrected chi connectivity index (χ1v) is 4.07. The summed E-state index contributed by atoms with van der Waals surface area (Å²) in [5.41, 5.74) is 1.79. The maximum atomic E-state index is 8.60. The van der Waals surface area contributed by atoms with E-state index in [0.29, 0.717) is 5.56 Å². The molecule has 1 aromatic rings. The summed E-state index contributed by atoms with van der Waals surface area (Å²) in [5, 5.41) is 11.7. The molecule has 0 radical (unpaired) electrons.